The quantitative estimate of drug-likeness (QED) is 0.859. The summed E-state index contributed by atoms with van der Waals surface area (Å²) < 4.78 is 44.7. The molecule has 0 fully saturated rings. The predicted octanol–water partition coefficient (Wildman–Crippen LogP) is 0.806. The molecule has 1 aromatic heterocycles. The van der Waals surface area contributed by atoms with Crippen LogP contribution in [0, 0.1) is 0 Å². The number of hydrogen-bond donors (Lipinski definition) is 2. The summed E-state index contributed by atoms with van der Waals surface area (Å²) >= 11 is 0. The molecule has 0 bridgehead atoms. The van der Waals surface area contributed by atoms with Gasteiger partial charge in [-0.25, -0.2) is 18.0 Å². The van der Waals surface area contributed by atoms with Gasteiger partial charge in [-0.15, -0.1) is 0 Å². The fraction of sp³-hybridized carbons (Fsp3) is 0.273. The van der Waals surface area contributed by atoms with Crippen LogP contribution in [0.2, 0.25) is 0 Å². The van der Waals surface area contributed by atoms with Gasteiger partial charge in [-0.1, -0.05) is 0 Å². The number of rotatable bonds is 3. The highest BCUT2D eigenvalue weighted by atomic mass is 19.2. The molecule has 1 aromatic rings. The second-order valence-electron chi connectivity index (χ2n) is 3.90. The van der Waals surface area contributed by atoms with E-state index in [1.54, 1.807) is 0 Å². The first-order valence-corrected chi connectivity index (χ1v) is 5.45. The molecule has 3 N–H and O–H groups in total. The van der Waals surface area contributed by atoms with E-state index in [4.69, 9.17) is 15.6 Å². The summed E-state index contributed by atoms with van der Waals surface area (Å²) in [5, 5.41) is 8.80. The summed E-state index contributed by atoms with van der Waals surface area (Å²) in [5.41, 5.74) is 4.40. The predicted molar refractivity (Wildman–Crippen MR) is 63.3 cm³/mol. The summed E-state index contributed by atoms with van der Waals surface area (Å²) in [6.45, 7) is -0.850. The number of aromatic nitrogens is 2. The van der Waals surface area contributed by atoms with Crippen molar-refractivity contribution in [3.8, 4) is 0 Å². The molecule has 0 amide bonds. The molecule has 0 spiro atoms. The van der Waals surface area contributed by atoms with Crippen molar-refractivity contribution in [1.29, 1.82) is 0 Å². The van der Waals surface area contributed by atoms with E-state index in [1.165, 1.54) is 0 Å². The Morgan fingerprint density at radius 2 is 2.30 bits per heavy atom. The van der Waals surface area contributed by atoms with E-state index in [0.717, 1.165) is 12.3 Å². The van der Waals surface area contributed by atoms with Crippen LogP contribution in [0.15, 0.2) is 28.9 Å². The second kappa shape index (κ2) is 5.37. The molecule has 0 radical (unpaired) electrons. The van der Waals surface area contributed by atoms with Crippen LogP contribution in [0.1, 0.15) is 11.8 Å². The van der Waals surface area contributed by atoms with Crippen LogP contribution in [0.3, 0.4) is 0 Å². The highest BCUT2D eigenvalue weighted by Crippen LogP contribution is 2.35. The van der Waals surface area contributed by atoms with Crippen molar-refractivity contribution in [2.75, 3.05) is 12.3 Å². The van der Waals surface area contributed by atoms with Gasteiger partial charge in [0.15, 0.2) is 11.6 Å². The van der Waals surface area contributed by atoms with E-state index in [-0.39, 0.29) is 17.7 Å². The van der Waals surface area contributed by atoms with Gasteiger partial charge in [0.1, 0.15) is 12.4 Å². The third kappa shape index (κ3) is 2.27. The van der Waals surface area contributed by atoms with Gasteiger partial charge in [-0.2, -0.15) is 4.98 Å². The van der Waals surface area contributed by atoms with E-state index >= 15 is 0 Å². The first-order chi connectivity index (χ1) is 9.49. The van der Waals surface area contributed by atoms with Crippen molar-refractivity contribution in [3.63, 3.8) is 0 Å². The Labute approximate surface area is 110 Å². The Hall–Kier alpha value is -2.29. The van der Waals surface area contributed by atoms with Gasteiger partial charge in [0.25, 0.3) is 0 Å². The van der Waals surface area contributed by atoms with E-state index in [2.05, 4.69) is 4.98 Å². The Bertz CT molecular complexity index is 642. The second-order valence-corrected chi connectivity index (χ2v) is 3.90. The van der Waals surface area contributed by atoms with Crippen molar-refractivity contribution in [3.05, 3.63) is 40.2 Å². The molecule has 1 aliphatic rings. The molecule has 20 heavy (non-hydrogen) atoms. The molecule has 0 aliphatic carbocycles. The van der Waals surface area contributed by atoms with Crippen LogP contribution in [-0.4, -0.2) is 27.4 Å². The van der Waals surface area contributed by atoms with Crippen molar-refractivity contribution in [2.45, 2.75) is 12.4 Å². The minimum absolute atomic E-state index is 0.000701. The van der Waals surface area contributed by atoms with Crippen LogP contribution in [0.5, 0.6) is 0 Å². The molecule has 0 saturated carbocycles. The molecule has 9 heteroatoms. The minimum atomic E-state index is -2.28. The maximum atomic E-state index is 13.7. The average molecular weight is 289 g/mol. The highest BCUT2D eigenvalue weighted by molar-refractivity contribution is 5.58. The Balaban J connectivity index is 2.45. The number of aliphatic hydroxyl groups is 1. The number of alkyl halides is 1. The number of anilines is 1. The van der Waals surface area contributed by atoms with Crippen LogP contribution < -0.4 is 11.4 Å². The van der Waals surface area contributed by atoms with Crippen LogP contribution >= 0.6 is 0 Å². The largest absolute Gasteiger partial charge is 0.465 e. The van der Waals surface area contributed by atoms with Gasteiger partial charge in [-0.3, -0.25) is 4.57 Å². The molecule has 2 unspecified atom stereocenters. The highest BCUT2D eigenvalue weighted by Gasteiger charge is 2.39. The maximum absolute atomic E-state index is 13.7. The third-order valence-electron chi connectivity index (χ3n) is 2.69. The number of nitrogen functional groups attached to an aromatic ring is 1. The van der Waals surface area contributed by atoms with E-state index < -0.39 is 36.3 Å². The molecular formula is C11H10F3N3O3. The van der Waals surface area contributed by atoms with Crippen molar-refractivity contribution >= 4 is 11.9 Å². The summed E-state index contributed by atoms with van der Waals surface area (Å²) in [7, 11) is 0. The monoisotopic (exact) mass is 289 g/mol. The summed E-state index contributed by atoms with van der Waals surface area (Å²) in [6.07, 6.45) is -1.89. The molecule has 6 nitrogen and oxygen atoms in total. The van der Waals surface area contributed by atoms with Crippen molar-refractivity contribution < 1.29 is 23.0 Å². The van der Waals surface area contributed by atoms with Crippen LogP contribution in [0.25, 0.3) is 6.08 Å². The zero-order valence-corrected chi connectivity index (χ0v) is 9.96. The Kier molecular flexibility index (Phi) is 3.79. The lowest BCUT2D eigenvalue weighted by atomic mass is 10.2. The van der Waals surface area contributed by atoms with Gasteiger partial charge in [0.2, 0.25) is 12.4 Å². The molecule has 1 aliphatic heterocycles. The molecule has 2 heterocycles. The molecule has 2 rings (SSSR count). The van der Waals surface area contributed by atoms with Crippen molar-refractivity contribution in [1.82, 2.24) is 9.55 Å². The summed E-state index contributed by atoms with van der Waals surface area (Å²) in [5.74, 6) is -2.16. The number of hydrogen-bond acceptors (Lipinski definition) is 5. The van der Waals surface area contributed by atoms with Gasteiger partial charge in [0, 0.05) is 11.8 Å². The lowest BCUT2D eigenvalue weighted by Crippen LogP contribution is -2.32. The molecule has 0 aromatic carbocycles. The smallest absolute Gasteiger partial charge is 0.352 e. The molecule has 108 valence electrons. The van der Waals surface area contributed by atoms with Gasteiger partial charge >= 0.3 is 5.69 Å². The van der Waals surface area contributed by atoms with E-state index in [9.17, 15) is 18.0 Å². The molecule has 2 atom stereocenters. The fourth-order valence-corrected chi connectivity index (χ4v) is 1.73. The third-order valence-corrected chi connectivity index (χ3v) is 2.69. The Morgan fingerprint density at radius 1 is 1.60 bits per heavy atom. The summed E-state index contributed by atoms with van der Waals surface area (Å²) in [6, 6.07) is 0. The standard InChI is InChI=1S/C11H10F3N3O3/c12-2-1-5-3-17(11(19)16-9(5)15)10-8(14)7(13)6(4-18)20-10/h1-3,8,10,18H,4H2,(H2,15,16,19)/b2-1-. The molecular weight excluding hydrogens is 279 g/mol. The first-order valence-electron chi connectivity index (χ1n) is 5.45. The number of nitrogens with zero attached hydrogens (tertiary/aromatic N) is 2. The van der Waals surface area contributed by atoms with Gasteiger partial charge in [-0.05, 0) is 6.08 Å². The SMILES string of the molecule is Nc1nc(=O)n(C2OC(CO)=C(F)C2F)cc1/C=C\F. The van der Waals surface area contributed by atoms with Gasteiger partial charge < -0.3 is 15.6 Å². The zero-order valence-electron chi connectivity index (χ0n) is 9.96. The average Bonchev–Trinajstić information content (AvgIpc) is 2.70. The zero-order chi connectivity index (χ0) is 14.9. The van der Waals surface area contributed by atoms with Gasteiger partial charge in [0.05, 0.1) is 6.33 Å². The van der Waals surface area contributed by atoms with Crippen LogP contribution in [-0.2, 0) is 4.74 Å². The maximum Gasteiger partial charge on any atom is 0.352 e. The molecule has 0 saturated heterocycles. The summed E-state index contributed by atoms with van der Waals surface area (Å²) in [4.78, 5) is 15.0. The number of aliphatic hydroxyl groups excluding tert-OH is 1. The van der Waals surface area contributed by atoms with Crippen LogP contribution in [0.4, 0.5) is 19.0 Å². The number of ether oxygens (including phenoxy) is 1. The minimum Gasteiger partial charge on any atom is -0.465 e. The Morgan fingerprint density at radius 3 is 2.85 bits per heavy atom. The fourth-order valence-electron chi connectivity index (χ4n) is 1.73. The lowest BCUT2D eigenvalue weighted by Gasteiger charge is -2.17. The normalized spacial score (nSPS) is 22.6. The van der Waals surface area contributed by atoms with E-state index in [1.807, 2.05) is 0 Å². The first kappa shape index (κ1) is 14.1. The number of halogens is 3. The van der Waals surface area contributed by atoms with E-state index in [0.29, 0.717) is 4.57 Å². The van der Waals surface area contributed by atoms with Crippen molar-refractivity contribution in [2.24, 2.45) is 0 Å². The topological polar surface area (TPSA) is 90.4 Å². The number of nitrogens with two attached hydrogens (primary N) is 1. The lowest BCUT2D eigenvalue weighted by molar-refractivity contribution is 0.0181.